The molecule has 1 nitrogen and oxygen atoms in total. The SMILES string of the molecule is Nc1cc(-c2cc3ccccc3c3ccccc23)ccc1Cl. The van der Waals surface area contributed by atoms with Crippen LogP contribution >= 0.6 is 11.6 Å². The molecule has 4 aromatic carbocycles. The molecule has 0 bridgehead atoms. The van der Waals surface area contributed by atoms with Crippen molar-refractivity contribution in [2.75, 3.05) is 5.73 Å². The van der Waals surface area contributed by atoms with Gasteiger partial charge in [0.2, 0.25) is 0 Å². The second-order valence-corrected chi connectivity index (χ2v) is 5.83. The molecular formula is C20H14ClN. The predicted octanol–water partition coefficient (Wildman–Crippen LogP) is 5.90. The topological polar surface area (TPSA) is 26.0 Å². The second kappa shape index (κ2) is 5.04. The van der Waals surface area contributed by atoms with Crippen LogP contribution in [0.4, 0.5) is 5.69 Å². The third-order valence-corrected chi connectivity index (χ3v) is 4.42. The first-order valence-corrected chi connectivity index (χ1v) is 7.58. The highest BCUT2D eigenvalue weighted by Crippen LogP contribution is 2.36. The smallest absolute Gasteiger partial charge is 0.0635 e. The lowest BCUT2D eigenvalue weighted by Crippen LogP contribution is -1.89. The van der Waals surface area contributed by atoms with Crippen molar-refractivity contribution >= 4 is 38.8 Å². The van der Waals surface area contributed by atoms with Crippen LogP contribution < -0.4 is 5.73 Å². The van der Waals surface area contributed by atoms with Gasteiger partial charge in [0.15, 0.2) is 0 Å². The zero-order chi connectivity index (χ0) is 15.1. The Hall–Kier alpha value is -2.51. The Morgan fingerprint density at radius 1 is 0.682 bits per heavy atom. The number of hydrogen-bond acceptors (Lipinski definition) is 1. The lowest BCUT2D eigenvalue weighted by molar-refractivity contribution is 1.65. The molecule has 0 saturated heterocycles. The molecule has 0 fully saturated rings. The Morgan fingerprint density at radius 2 is 1.36 bits per heavy atom. The van der Waals surface area contributed by atoms with E-state index in [1.165, 1.54) is 27.1 Å². The summed E-state index contributed by atoms with van der Waals surface area (Å²) >= 11 is 6.06. The lowest BCUT2D eigenvalue weighted by atomic mass is 9.93. The van der Waals surface area contributed by atoms with Gasteiger partial charge in [-0.1, -0.05) is 66.2 Å². The molecule has 106 valence electrons. The molecular weight excluding hydrogens is 290 g/mol. The molecule has 0 heterocycles. The van der Waals surface area contributed by atoms with Gasteiger partial charge < -0.3 is 5.73 Å². The minimum Gasteiger partial charge on any atom is -0.398 e. The number of rotatable bonds is 1. The van der Waals surface area contributed by atoms with E-state index < -0.39 is 0 Å². The molecule has 0 aromatic heterocycles. The molecule has 0 aliphatic rings. The van der Waals surface area contributed by atoms with E-state index in [1.54, 1.807) is 0 Å². The van der Waals surface area contributed by atoms with Gasteiger partial charge in [-0.15, -0.1) is 0 Å². The van der Waals surface area contributed by atoms with E-state index in [2.05, 4.69) is 54.6 Å². The van der Waals surface area contributed by atoms with E-state index >= 15 is 0 Å². The summed E-state index contributed by atoms with van der Waals surface area (Å²) < 4.78 is 0. The molecule has 0 aliphatic heterocycles. The standard InChI is InChI=1S/C20H14ClN/c21-19-10-9-14(12-20(19)22)18-11-13-5-1-2-6-15(13)16-7-3-4-8-17(16)18/h1-12H,22H2. The zero-order valence-corrected chi connectivity index (χ0v) is 12.6. The molecule has 0 amide bonds. The van der Waals surface area contributed by atoms with Gasteiger partial charge in [-0.05, 0) is 50.9 Å². The molecule has 4 rings (SSSR count). The fourth-order valence-corrected chi connectivity index (χ4v) is 3.12. The van der Waals surface area contributed by atoms with E-state index in [-0.39, 0.29) is 0 Å². The molecule has 2 heteroatoms. The summed E-state index contributed by atoms with van der Waals surface area (Å²) in [7, 11) is 0. The van der Waals surface area contributed by atoms with E-state index in [0.29, 0.717) is 10.7 Å². The maximum atomic E-state index is 6.06. The van der Waals surface area contributed by atoms with Crippen molar-refractivity contribution in [2.24, 2.45) is 0 Å². The molecule has 22 heavy (non-hydrogen) atoms. The quantitative estimate of drug-likeness (QED) is 0.344. The average molecular weight is 304 g/mol. The largest absolute Gasteiger partial charge is 0.398 e. The van der Waals surface area contributed by atoms with Crippen LogP contribution in [0.5, 0.6) is 0 Å². The van der Waals surface area contributed by atoms with E-state index in [4.69, 9.17) is 17.3 Å². The summed E-state index contributed by atoms with van der Waals surface area (Å²) in [4.78, 5) is 0. The van der Waals surface area contributed by atoms with E-state index in [1.807, 2.05) is 18.2 Å². The molecule has 0 radical (unpaired) electrons. The second-order valence-electron chi connectivity index (χ2n) is 5.43. The highest BCUT2D eigenvalue weighted by molar-refractivity contribution is 6.33. The summed E-state index contributed by atoms with van der Waals surface area (Å²) in [6, 6.07) is 25.0. The van der Waals surface area contributed by atoms with Crippen molar-refractivity contribution in [3.8, 4) is 11.1 Å². The van der Waals surface area contributed by atoms with Crippen molar-refractivity contribution in [3.05, 3.63) is 77.8 Å². The zero-order valence-electron chi connectivity index (χ0n) is 11.9. The number of nitrogens with two attached hydrogens (primary N) is 1. The summed E-state index contributed by atoms with van der Waals surface area (Å²) in [6.45, 7) is 0. The Morgan fingerprint density at radius 3 is 2.14 bits per heavy atom. The lowest BCUT2D eigenvalue weighted by Gasteiger charge is -2.12. The maximum absolute atomic E-state index is 6.06. The Kier molecular flexibility index (Phi) is 3.02. The van der Waals surface area contributed by atoms with E-state index in [9.17, 15) is 0 Å². The molecule has 0 spiro atoms. The van der Waals surface area contributed by atoms with Crippen molar-refractivity contribution in [1.82, 2.24) is 0 Å². The molecule has 0 unspecified atom stereocenters. The molecule has 2 N–H and O–H groups in total. The van der Waals surface area contributed by atoms with Gasteiger partial charge in [0, 0.05) is 0 Å². The first-order valence-electron chi connectivity index (χ1n) is 7.20. The van der Waals surface area contributed by atoms with Crippen molar-refractivity contribution in [2.45, 2.75) is 0 Å². The van der Waals surface area contributed by atoms with Gasteiger partial charge in [0.05, 0.1) is 10.7 Å². The minimum atomic E-state index is 0.592. The Balaban J connectivity index is 2.13. The van der Waals surface area contributed by atoms with Gasteiger partial charge in [-0.3, -0.25) is 0 Å². The summed E-state index contributed by atoms with van der Waals surface area (Å²) in [6.07, 6.45) is 0. The highest BCUT2D eigenvalue weighted by Gasteiger charge is 2.09. The molecule has 0 atom stereocenters. The Bertz CT molecular complexity index is 1000. The number of benzene rings is 4. The predicted molar refractivity (Wildman–Crippen MR) is 96.3 cm³/mol. The normalized spacial score (nSPS) is 11.1. The number of fused-ring (bicyclic) bond motifs is 3. The number of halogens is 1. The first-order chi connectivity index (χ1) is 10.7. The third-order valence-electron chi connectivity index (χ3n) is 4.08. The van der Waals surface area contributed by atoms with Gasteiger partial charge in [-0.25, -0.2) is 0 Å². The van der Waals surface area contributed by atoms with Crippen LogP contribution in [0.15, 0.2) is 72.8 Å². The number of hydrogen-bond donors (Lipinski definition) is 1. The molecule has 4 aromatic rings. The van der Waals surface area contributed by atoms with Crippen LogP contribution in [0, 0.1) is 0 Å². The van der Waals surface area contributed by atoms with Crippen LogP contribution in [0.3, 0.4) is 0 Å². The van der Waals surface area contributed by atoms with Crippen LogP contribution in [0.25, 0.3) is 32.7 Å². The monoisotopic (exact) mass is 303 g/mol. The third kappa shape index (κ3) is 2.02. The fraction of sp³-hybridized carbons (Fsp3) is 0. The van der Waals surface area contributed by atoms with E-state index in [0.717, 1.165) is 5.56 Å². The summed E-state index contributed by atoms with van der Waals surface area (Å²) in [5, 5.41) is 5.56. The van der Waals surface area contributed by atoms with Crippen molar-refractivity contribution < 1.29 is 0 Å². The van der Waals surface area contributed by atoms with Crippen LogP contribution in [-0.2, 0) is 0 Å². The highest BCUT2D eigenvalue weighted by atomic mass is 35.5. The number of anilines is 1. The maximum Gasteiger partial charge on any atom is 0.0635 e. The van der Waals surface area contributed by atoms with Gasteiger partial charge in [-0.2, -0.15) is 0 Å². The first kappa shape index (κ1) is 13.2. The van der Waals surface area contributed by atoms with Crippen LogP contribution in [0.2, 0.25) is 5.02 Å². The molecule has 0 aliphatic carbocycles. The number of nitrogen functional groups attached to an aromatic ring is 1. The fourth-order valence-electron chi connectivity index (χ4n) is 3.00. The minimum absolute atomic E-state index is 0.592. The van der Waals surface area contributed by atoms with Crippen LogP contribution in [-0.4, -0.2) is 0 Å². The summed E-state index contributed by atoms with van der Waals surface area (Å²) in [5.41, 5.74) is 8.86. The van der Waals surface area contributed by atoms with Gasteiger partial charge in [0.25, 0.3) is 0 Å². The van der Waals surface area contributed by atoms with Gasteiger partial charge >= 0.3 is 0 Å². The van der Waals surface area contributed by atoms with Crippen molar-refractivity contribution in [1.29, 1.82) is 0 Å². The van der Waals surface area contributed by atoms with Crippen LogP contribution in [0.1, 0.15) is 0 Å². The summed E-state index contributed by atoms with van der Waals surface area (Å²) in [5.74, 6) is 0. The van der Waals surface area contributed by atoms with Gasteiger partial charge in [0.1, 0.15) is 0 Å². The molecule has 0 saturated carbocycles. The average Bonchev–Trinajstić information content (AvgIpc) is 2.57. The van der Waals surface area contributed by atoms with Crippen molar-refractivity contribution in [3.63, 3.8) is 0 Å². The Labute approximate surface area is 133 Å².